The molecule has 0 spiro atoms. The fourth-order valence-electron chi connectivity index (χ4n) is 3.09. The lowest BCUT2D eigenvalue weighted by atomic mass is 9.92. The molecule has 1 aromatic carbocycles. The predicted octanol–water partition coefficient (Wildman–Crippen LogP) is 3.18. The second kappa shape index (κ2) is 5.85. The first-order chi connectivity index (χ1) is 8.59. The smallest absolute Gasteiger partial charge is 0.0499 e. The van der Waals surface area contributed by atoms with Crippen LogP contribution in [0.1, 0.15) is 48.9 Å². The minimum absolute atomic E-state index is 0.184. The van der Waals surface area contributed by atoms with Gasteiger partial charge in [0.1, 0.15) is 0 Å². The molecule has 0 saturated carbocycles. The number of hydrogen-bond donors (Lipinski definition) is 1. The SMILES string of the molecule is Cc1ccc(C)c(C(C(C)N)N2CCCCC2)c1. The number of likely N-dealkylation sites (tertiary alicyclic amines) is 1. The molecular weight excluding hydrogens is 220 g/mol. The Kier molecular flexibility index (Phi) is 4.41. The van der Waals surface area contributed by atoms with Gasteiger partial charge in [-0.2, -0.15) is 0 Å². The highest BCUT2D eigenvalue weighted by Gasteiger charge is 2.26. The Bertz CT molecular complexity index is 392. The summed E-state index contributed by atoms with van der Waals surface area (Å²) in [5.74, 6) is 0. The molecule has 1 fully saturated rings. The van der Waals surface area contributed by atoms with E-state index in [1.54, 1.807) is 0 Å². The van der Waals surface area contributed by atoms with Crippen molar-refractivity contribution in [3.05, 3.63) is 34.9 Å². The van der Waals surface area contributed by atoms with Crippen LogP contribution in [0.2, 0.25) is 0 Å². The summed E-state index contributed by atoms with van der Waals surface area (Å²) >= 11 is 0. The minimum Gasteiger partial charge on any atom is -0.326 e. The quantitative estimate of drug-likeness (QED) is 0.887. The van der Waals surface area contributed by atoms with E-state index in [0.717, 1.165) is 0 Å². The third kappa shape index (κ3) is 2.93. The first-order valence-electron chi connectivity index (χ1n) is 7.16. The van der Waals surface area contributed by atoms with Crippen LogP contribution in [-0.2, 0) is 0 Å². The van der Waals surface area contributed by atoms with Gasteiger partial charge in [-0.3, -0.25) is 4.90 Å². The zero-order valence-electron chi connectivity index (χ0n) is 11.9. The van der Waals surface area contributed by atoms with Crippen LogP contribution in [0.25, 0.3) is 0 Å². The standard InChI is InChI=1S/C16H26N2/c1-12-7-8-13(2)15(11-12)16(14(3)17)18-9-5-4-6-10-18/h7-8,11,14,16H,4-6,9-10,17H2,1-3H3. The molecule has 0 aliphatic carbocycles. The molecule has 2 unspecified atom stereocenters. The summed E-state index contributed by atoms with van der Waals surface area (Å²) < 4.78 is 0. The highest BCUT2D eigenvalue weighted by Crippen LogP contribution is 2.29. The van der Waals surface area contributed by atoms with E-state index in [0.29, 0.717) is 6.04 Å². The molecule has 2 rings (SSSR count). The molecule has 2 atom stereocenters. The Morgan fingerprint density at radius 3 is 2.39 bits per heavy atom. The number of rotatable bonds is 3. The first kappa shape index (κ1) is 13.6. The van der Waals surface area contributed by atoms with Gasteiger partial charge in [-0.1, -0.05) is 30.2 Å². The Morgan fingerprint density at radius 1 is 1.11 bits per heavy atom. The first-order valence-corrected chi connectivity index (χ1v) is 7.16. The van der Waals surface area contributed by atoms with Crippen molar-refractivity contribution in [2.75, 3.05) is 13.1 Å². The Morgan fingerprint density at radius 2 is 1.78 bits per heavy atom. The molecule has 0 aromatic heterocycles. The number of nitrogens with two attached hydrogens (primary N) is 1. The molecule has 0 amide bonds. The van der Waals surface area contributed by atoms with Crippen LogP contribution in [0.5, 0.6) is 0 Å². The van der Waals surface area contributed by atoms with Gasteiger partial charge >= 0.3 is 0 Å². The lowest BCUT2D eigenvalue weighted by Gasteiger charge is -2.38. The van der Waals surface area contributed by atoms with Gasteiger partial charge in [-0.15, -0.1) is 0 Å². The van der Waals surface area contributed by atoms with Crippen molar-refractivity contribution in [2.45, 2.75) is 52.1 Å². The van der Waals surface area contributed by atoms with Crippen molar-refractivity contribution in [3.63, 3.8) is 0 Å². The summed E-state index contributed by atoms with van der Waals surface area (Å²) in [5.41, 5.74) is 10.4. The van der Waals surface area contributed by atoms with Crippen molar-refractivity contribution < 1.29 is 0 Å². The van der Waals surface area contributed by atoms with E-state index in [9.17, 15) is 0 Å². The van der Waals surface area contributed by atoms with E-state index in [1.165, 1.54) is 49.0 Å². The molecule has 1 aromatic rings. The van der Waals surface area contributed by atoms with Crippen molar-refractivity contribution in [1.29, 1.82) is 0 Å². The summed E-state index contributed by atoms with van der Waals surface area (Å²) in [6.07, 6.45) is 4.00. The van der Waals surface area contributed by atoms with E-state index in [-0.39, 0.29) is 6.04 Å². The molecule has 2 nitrogen and oxygen atoms in total. The van der Waals surface area contributed by atoms with E-state index in [2.05, 4.69) is 43.9 Å². The zero-order valence-corrected chi connectivity index (χ0v) is 11.9. The van der Waals surface area contributed by atoms with Gasteiger partial charge in [0.05, 0.1) is 0 Å². The second-order valence-corrected chi connectivity index (χ2v) is 5.76. The number of benzene rings is 1. The topological polar surface area (TPSA) is 29.3 Å². The lowest BCUT2D eigenvalue weighted by Crippen LogP contribution is -2.42. The van der Waals surface area contributed by atoms with E-state index >= 15 is 0 Å². The van der Waals surface area contributed by atoms with Gasteiger partial charge in [0.2, 0.25) is 0 Å². The van der Waals surface area contributed by atoms with Crippen LogP contribution in [0, 0.1) is 13.8 Å². The highest BCUT2D eigenvalue weighted by atomic mass is 15.2. The van der Waals surface area contributed by atoms with Crippen molar-refractivity contribution in [2.24, 2.45) is 5.73 Å². The highest BCUT2D eigenvalue weighted by molar-refractivity contribution is 5.34. The van der Waals surface area contributed by atoms with Gasteiger partial charge in [-0.25, -0.2) is 0 Å². The monoisotopic (exact) mass is 246 g/mol. The Labute approximate surface area is 111 Å². The van der Waals surface area contributed by atoms with Gasteiger partial charge in [0.25, 0.3) is 0 Å². The molecule has 0 radical (unpaired) electrons. The average molecular weight is 246 g/mol. The summed E-state index contributed by atoms with van der Waals surface area (Å²) in [5, 5.41) is 0. The molecule has 1 aliphatic heterocycles. The normalized spacial score (nSPS) is 20.7. The van der Waals surface area contributed by atoms with E-state index < -0.39 is 0 Å². The average Bonchev–Trinajstić information content (AvgIpc) is 2.35. The Hall–Kier alpha value is -0.860. The van der Waals surface area contributed by atoms with E-state index in [1.807, 2.05) is 0 Å². The number of piperidine rings is 1. The number of nitrogens with zero attached hydrogens (tertiary/aromatic N) is 1. The maximum atomic E-state index is 6.28. The van der Waals surface area contributed by atoms with Gasteiger partial charge in [0, 0.05) is 12.1 Å². The van der Waals surface area contributed by atoms with E-state index in [4.69, 9.17) is 5.73 Å². The maximum Gasteiger partial charge on any atom is 0.0499 e. The largest absolute Gasteiger partial charge is 0.326 e. The van der Waals surface area contributed by atoms with Crippen molar-refractivity contribution >= 4 is 0 Å². The molecule has 1 aliphatic rings. The van der Waals surface area contributed by atoms with Crippen LogP contribution in [0.3, 0.4) is 0 Å². The second-order valence-electron chi connectivity index (χ2n) is 5.76. The van der Waals surface area contributed by atoms with Gasteiger partial charge < -0.3 is 5.73 Å². The van der Waals surface area contributed by atoms with Crippen molar-refractivity contribution in [3.8, 4) is 0 Å². The fraction of sp³-hybridized carbons (Fsp3) is 0.625. The molecule has 18 heavy (non-hydrogen) atoms. The minimum atomic E-state index is 0.184. The van der Waals surface area contributed by atoms with Gasteiger partial charge in [-0.05, 0) is 57.8 Å². The fourth-order valence-corrected chi connectivity index (χ4v) is 3.09. The summed E-state index contributed by atoms with van der Waals surface area (Å²) in [4.78, 5) is 2.58. The molecule has 2 heteroatoms. The molecule has 2 N–H and O–H groups in total. The van der Waals surface area contributed by atoms with Crippen LogP contribution >= 0.6 is 0 Å². The summed E-state index contributed by atoms with van der Waals surface area (Å²) in [7, 11) is 0. The number of hydrogen-bond acceptors (Lipinski definition) is 2. The zero-order chi connectivity index (χ0) is 13.1. The molecule has 1 heterocycles. The third-order valence-electron chi connectivity index (χ3n) is 4.04. The third-order valence-corrected chi connectivity index (χ3v) is 4.04. The summed E-state index contributed by atoms with van der Waals surface area (Å²) in [6, 6.07) is 7.30. The maximum absolute atomic E-state index is 6.28. The number of aryl methyl sites for hydroxylation is 2. The molecule has 1 saturated heterocycles. The molecule has 100 valence electrons. The van der Waals surface area contributed by atoms with Crippen LogP contribution in [-0.4, -0.2) is 24.0 Å². The van der Waals surface area contributed by atoms with Crippen molar-refractivity contribution in [1.82, 2.24) is 4.90 Å². The van der Waals surface area contributed by atoms with Crippen LogP contribution < -0.4 is 5.73 Å². The molecule has 0 bridgehead atoms. The Balaban J connectivity index is 2.31. The summed E-state index contributed by atoms with van der Waals surface area (Å²) in [6.45, 7) is 8.89. The van der Waals surface area contributed by atoms with Crippen LogP contribution in [0.4, 0.5) is 0 Å². The van der Waals surface area contributed by atoms with Crippen LogP contribution in [0.15, 0.2) is 18.2 Å². The van der Waals surface area contributed by atoms with Gasteiger partial charge in [0.15, 0.2) is 0 Å². The lowest BCUT2D eigenvalue weighted by molar-refractivity contribution is 0.146. The predicted molar refractivity (Wildman–Crippen MR) is 77.7 cm³/mol. The molecular formula is C16H26N2.